The zero-order valence-electron chi connectivity index (χ0n) is 42.4. The molecule has 5 aromatic rings. The minimum Gasteiger partial charge on any atom is -0.480 e. The highest BCUT2D eigenvalue weighted by atomic mass is 16.5. The molecule has 3 saturated heterocycles. The number of imide groups is 1. The zero-order chi connectivity index (χ0) is 50.4. The van der Waals surface area contributed by atoms with Crippen LogP contribution in [0.3, 0.4) is 0 Å². The van der Waals surface area contributed by atoms with Gasteiger partial charge in [-0.2, -0.15) is 0 Å². The zero-order valence-corrected chi connectivity index (χ0v) is 42.4. The number of amides is 4. The Morgan fingerprint density at radius 2 is 1.61 bits per heavy atom. The molecule has 1 unspecified atom stereocenters. The van der Waals surface area contributed by atoms with E-state index in [1.54, 1.807) is 43.2 Å². The quantitative estimate of drug-likeness (QED) is 0.130. The van der Waals surface area contributed by atoms with E-state index in [0.717, 1.165) is 74.4 Å². The number of pyridine rings is 3. The topological polar surface area (TPSA) is 182 Å². The van der Waals surface area contributed by atoms with Gasteiger partial charge in [-0.1, -0.05) is 13.8 Å². The van der Waals surface area contributed by atoms with Crippen LogP contribution in [0.15, 0.2) is 67.1 Å². The average Bonchev–Trinajstić information content (AvgIpc) is 3.97. The summed E-state index contributed by atoms with van der Waals surface area (Å²) < 4.78 is 7.90. The van der Waals surface area contributed by atoms with Gasteiger partial charge in [0.25, 0.3) is 11.8 Å². The summed E-state index contributed by atoms with van der Waals surface area (Å²) in [5.74, 6) is 0.507. The van der Waals surface area contributed by atoms with Gasteiger partial charge in [0, 0.05) is 111 Å². The van der Waals surface area contributed by atoms with Crippen molar-refractivity contribution in [3.05, 3.63) is 101 Å². The van der Waals surface area contributed by atoms with Gasteiger partial charge in [-0.3, -0.25) is 34.3 Å². The molecule has 0 radical (unpaired) electrons. The number of methoxy groups -OCH3 is 1. The van der Waals surface area contributed by atoms with E-state index in [1.165, 1.54) is 11.3 Å². The summed E-state index contributed by atoms with van der Waals surface area (Å²) >= 11 is 0. The number of piperazine rings is 1. The normalized spacial score (nSPS) is 23.3. The van der Waals surface area contributed by atoms with Crippen molar-refractivity contribution in [2.24, 2.45) is 5.41 Å². The second kappa shape index (κ2) is 18.0. The Hall–Kier alpha value is -6.85. The third-order valence-electron chi connectivity index (χ3n) is 16.0. The molecule has 17 heteroatoms. The molecule has 1 aliphatic carbocycles. The van der Waals surface area contributed by atoms with Gasteiger partial charge >= 0.3 is 0 Å². The molecule has 376 valence electrons. The van der Waals surface area contributed by atoms with E-state index in [-0.39, 0.29) is 35.6 Å². The standard InChI is InChI=1S/C55H65N11O6/c1-32-22-37(15-17-62(32)38-8-10-41-36(23-38)31-66(52(41)69)43-11-13-47(67)60-50(43)68)61-18-19-63(33(2)30-61)39-9-12-46(57-29-39)59-42-24-35(28-58-51(42)72-7)40-14-16-56-49(48(40)55(5,6)71)65-21-20-64-44(53(65)70)25-34-26-54(3,4)27-45(34)64/h8-10,12,14,16,23-25,28-29,32-33,37,43,71H,11,13,15,17-22,26-27,30-31H2,1-7H3,(H,57,59)(H,60,67,68)/t32-,33+,37?,43+/m1/s1. The number of ether oxygens (including phenoxy) is 1. The van der Waals surface area contributed by atoms with Gasteiger partial charge in [-0.15, -0.1) is 0 Å². The molecule has 5 aliphatic heterocycles. The van der Waals surface area contributed by atoms with Gasteiger partial charge in [0.2, 0.25) is 17.7 Å². The number of anilines is 5. The van der Waals surface area contributed by atoms with E-state index in [0.29, 0.717) is 83.7 Å². The molecular formula is C55H65N11O6. The Morgan fingerprint density at radius 1 is 0.806 bits per heavy atom. The lowest BCUT2D eigenvalue weighted by atomic mass is 9.89. The number of carbonyl (C=O) groups excluding carboxylic acids is 4. The third-order valence-corrected chi connectivity index (χ3v) is 16.0. The first-order valence-corrected chi connectivity index (χ1v) is 25.5. The maximum Gasteiger partial charge on any atom is 0.276 e. The van der Waals surface area contributed by atoms with Gasteiger partial charge in [-0.05, 0) is 130 Å². The number of aliphatic hydroxyl groups is 1. The smallest absolute Gasteiger partial charge is 0.276 e. The number of hydrogen-bond donors (Lipinski definition) is 3. The summed E-state index contributed by atoms with van der Waals surface area (Å²) in [4.78, 5) is 77.0. The fraction of sp³-hybridized carbons (Fsp3) is 0.473. The molecule has 0 saturated carbocycles. The summed E-state index contributed by atoms with van der Waals surface area (Å²) in [6.45, 7) is 17.7. The van der Waals surface area contributed by atoms with Crippen LogP contribution >= 0.6 is 0 Å². The number of aromatic nitrogens is 4. The van der Waals surface area contributed by atoms with Gasteiger partial charge in [0.1, 0.15) is 29.1 Å². The van der Waals surface area contributed by atoms with Crippen LogP contribution in [0.2, 0.25) is 0 Å². The Kier molecular flexibility index (Phi) is 11.9. The van der Waals surface area contributed by atoms with Crippen LogP contribution in [0, 0.1) is 5.41 Å². The highest BCUT2D eigenvalue weighted by Gasteiger charge is 2.42. The number of rotatable bonds is 10. The minimum atomic E-state index is -1.35. The summed E-state index contributed by atoms with van der Waals surface area (Å²) in [7, 11) is 1.58. The Balaban J connectivity index is 0.736. The third kappa shape index (κ3) is 8.53. The number of benzene rings is 1. The lowest BCUT2D eigenvalue weighted by Crippen LogP contribution is -2.58. The summed E-state index contributed by atoms with van der Waals surface area (Å²) in [5.41, 5.74) is 8.29. The molecule has 6 aliphatic rings. The highest BCUT2D eigenvalue weighted by Crippen LogP contribution is 2.43. The molecule has 1 aromatic carbocycles. The van der Waals surface area contributed by atoms with Crippen molar-refractivity contribution < 1.29 is 29.0 Å². The molecular weight excluding hydrogens is 911 g/mol. The van der Waals surface area contributed by atoms with Crippen LogP contribution in [0.25, 0.3) is 11.1 Å². The van der Waals surface area contributed by atoms with Crippen molar-refractivity contribution >= 4 is 52.3 Å². The first-order valence-electron chi connectivity index (χ1n) is 25.5. The molecule has 3 N–H and O–H groups in total. The van der Waals surface area contributed by atoms with Crippen LogP contribution in [-0.2, 0) is 41.1 Å². The van der Waals surface area contributed by atoms with Crippen molar-refractivity contribution in [3.63, 3.8) is 0 Å². The monoisotopic (exact) mass is 976 g/mol. The van der Waals surface area contributed by atoms with Crippen LogP contribution in [0.4, 0.5) is 28.7 Å². The largest absolute Gasteiger partial charge is 0.480 e. The van der Waals surface area contributed by atoms with Gasteiger partial charge in [-0.25, -0.2) is 15.0 Å². The number of piperidine rings is 2. The minimum absolute atomic E-state index is 0.117. The molecule has 9 heterocycles. The predicted molar refractivity (Wildman–Crippen MR) is 275 cm³/mol. The van der Waals surface area contributed by atoms with Crippen molar-refractivity contribution in [2.75, 3.05) is 59.9 Å². The van der Waals surface area contributed by atoms with Gasteiger partial charge in [0.15, 0.2) is 0 Å². The number of carbonyl (C=O) groups is 4. The summed E-state index contributed by atoms with van der Waals surface area (Å²) in [6, 6.07) is 16.4. The first-order chi connectivity index (χ1) is 34.4. The van der Waals surface area contributed by atoms with Crippen molar-refractivity contribution in [1.29, 1.82) is 0 Å². The fourth-order valence-electron chi connectivity index (χ4n) is 12.5. The van der Waals surface area contributed by atoms with E-state index in [1.807, 2.05) is 36.5 Å². The Morgan fingerprint density at radius 3 is 2.35 bits per heavy atom. The van der Waals surface area contributed by atoms with Crippen molar-refractivity contribution in [3.8, 4) is 17.0 Å². The Labute approximate surface area is 420 Å². The molecule has 0 bridgehead atoms. The molecule has 72 heavy (non-hydrogen) atoms. The maximum absolute atomic E-state index is 14.2. The molecule has 4 aromatic heterocycles. The molecule has 17 nitrogen and oxygen atoms in total. The van der Waals surface area contributed by atoms with Crippen LogP contribution in [0.1, 0.15) is 110 Å². The van der Waals surface area contributed by atoms with Crippen LogP contribution in [-0.4, -0.2) is 122 Å². The van der Waals surface area contributed by atoms with E-state index in [9.17, 15) is 24.3 Å². The second-order valence-electron chi connectivity index (χ2n) is 22.1. The first kappa shape index (κ1) is 47.5. The Bertz CT molecular complexity index is 3000. The van der Waals surface area contributed by atoms with E-state index in [2.05, 4.69) is 80.8 Å². The fourth-order valence-corrected chi connectivity index (χ4v) is 12.5. The highest BCUT2D eigenvalue weighted by molar-refractivity contribution is 6.07. The lowest BCUT2D eigenvalue weighted by Gasteiger charge is -2.48. The van der Waals surface area contributed by atoms with Crippen molar-refractivity contribution in [2.45, 2.75) is 123 Å². The molecule has 0 spiro atoms. The van der Waals surface area contributed by atoms with Crippen LogP contribution < -0.4 is 30.1 Å². The molecule has 4 atom stereocenters. The van der Waals surface area contributed by atoms with Crippen LogP contribution in [0.5, 0.6) is 5.88 Å². The summed E-state index contributed by atoms with van der Waals surface area (Å²) in [6.07, 6.45) is 9.87. The van der Waals surface area contributed by atoms with E-state index < -0.39 is 17.6 Å². The van der Waals surface area contributed by atoms with Gasteiger partial charge < -0.3 is 34.4 Å². The number of hydrogen-bond acceptors (Lipinski definition) is 13. The van der Waals surface area contributed by atoms with E-state index >= 15 is 0 Å². The number of fused-ring (bicyclic) bond motifs is 4. The summed E-state index contributed by atoms with van der Waals surface area (Å²) in [5, 5.41) is 17.6. The van der Waals surface area contributed by atoms with Gasteiger partial charge in [0.05, 0.1) is 24.6 Å². The molecule has 4 amide bonds. The molecule has 3 fully saturated rings. The number of nitrogens with zero attached hydrogens (tertiary/aromatic N) is 9. The lowest BCUT2D eigenvalue weighted by molar-refractivity contribution is -0.136. The molecule has 11 rings (SSSR count). The average molecular weight is 976 g/mol. The maximum atomic E-state index is 14.2. The SMILES string of the molecule is COc1ncc(-c2ccnc(N3CCn4c(cc5c4CC(C)(C)C5)C3=O)c2C(C)(C)O)cc1Nc1ccc(N2CCN(C3CCN(c4ccc5c(c4)CN([C@H]4CCC(=O)NC4=O)C5=O)[C@H](C)C3)C[C@@H]2C)cn1. The van der Waals surface area contributed by atoms with E-state index in [4.69, 9.17) is 14.7 Å². The second-order valence-corrected chi connectivity index (χ2v) is 22.1. The van der Waals surface area contributed by atoms with Crippen molar-refractivity contribution in [1.82, 2.24) is 34.6 Å². The number of nitrogens with one attached hydrogen (secondary N) is 2. The predicted octanol–water partition coefficient (Wildman–Crippen LogP) is 6.43.